The quantitative estimate of drug-likeness (QED) is 0.523. The van der Waals surface area contributed by atoms with E-state index in [0.29, 0.717) is 5.92 Å². The minimum atomic E-state index is -0.0489. The number of carbonyl (C=O) groups is 1. The number of hydrogen-bond acceptors (Lipinski definition) is 4. The fourth-order valence-corrected chi connectivity index (χ4v) is 3.95. The predicted molar refractivity (Wildman–Crippen MR) is 125 cm³/mol. The Balaban J connectivity index is 1.66. The zero-order valence-electron chi connectivity index (χ0n) is 18.6. The number of thioether (sulfide) groups is 1. The molecule has 0 fully saturated rings. The van der Waals surface area contributed by atoms with Crippen LogP contribution in [0.15, 0.2) is 53.7 Å². The smallest absolute Gasteiger partial charge is 0.234 e. The molecule has 0 saturated carbocycles. The first-order chi connectivity index (χ1) is 14.2. The number of amides is 1. The van der Waals surface area contributed by atoms with Crippen molar-refractivity contribution in [3.05, 3.63) is 59.7 Å². The number of anilines is 1. The van der Waals surface area contributed by atoms with Crippen LogP contribution in [0, 0.1) is 0 Å². The molecule has 6 heteroatoms. The summed E-state index contributed by atoms with van der Waals surface area (Å²) in [7, 11) is 1.93. The molecule has 1 heterocycles. The molecule has 1 aromatic heterocycles. The lowest BCUT2D eigenvalue weighted by Gasteiger charge is -2.19. The number of nitrogens with zero attached hydrogens (tertiary/aromatic N) is 3. The minimum Gasteiger partial charge on any atom is -0.325 e. The van der Waals surface area contributed by atoms with Gasteiger partial charge in [0.2, 0.25) is 5.91 Å². The van der Waals surface area contributed by atoms with Crippen molar-refractivity contribution in [2.75, 3.05) is 11.1 Å². The van der Waals surface area contributed by atoms with Crippen molar-refractivity contribution in [1.29, 1.82) is 0 Å². The third-order valence-electron chi connectivity index (χ3n) is 5.03. The van der Waals surface area contributed by atoms with E-state index in [2.05, 4.69) is 74.4 Å². The van der Waals surface area contributed by atoms with Crippen LogP contribution in [0.2, 0.25) is 0 Å². The summed E-state index contributed by atoms with van der Waals surface area (Å²) >= 11 is 1.39. The molecule has 0 bridgehead atoms. The van der Waals surface area contributed by atoms with E-state index < -0.39 is 0 Å². The molecule has 0 atom stereocenters. The molecular formula is C24H30N4OS. The normalized spacial score (nSPS) is 11.7. The Labute approximate surface area is 183 Å². The van der Waals surface area contributed by atoms with Gasteiger partial charge in [0.15, 0.2) is 11.0 Å². The van der Waals surface area contributed by atoms with Crippen LogP contribution >= 0.6 is 11.8 Å². The van der Waals surface area contributed by atoms with Gasteiger partial charge < -0.3 is 9.88 Å². The van der Waals surface area contributed by atoms with Crippen LogP contribution in [0.25, 0.3) is 11.4 Å². The fraction of sp³-hybridized carbons (Fsp3) is 0.375. The van der Waals surface area contributed by atoms with Crippen molar-refractivity contribution < 1.29 is 4.79 Å². The van der Waals surface area contributed by atoms with Crippen molar-refractivity contribution in [3.8, 4) is 11.4 Å². The van der Waals surface area contributed by atoms with Gasteiger partial charge in [-0.3, -0.25) is 4.79 Å². The Morgan fingerprint density at radius 1 is 1.07 bits per heavy atom. The van der Waals surface area contributed by atoms with Crippen LogP contribution in [0.5, 0.6) is 0 Å². The van der Waals surface area contributed by atoms with Crippen LogP contribution in [0.3, 0.4) is 0 Å². The second-order valence-electron chi connectivity index (χ2n) is 8.77. The summed E-state index contributed by atoms with van der Waals surface area (Å²) in [6, 6.07) is 16.4. The topological polar surface area (TPSA) is 59.8 Å². The van der Waals surface area contributed by atoms with Gasteiger partial charge in [0.25, 0.3) is 0 Å². The van der Waals surface area contributed by atoms with Gasteiger partial charge in [0, 0.05) is 18.3 Å². The van der Waals surface area contributed by atoms with Crippen LogP contribution in [0.1, 0.15) is 51.7 Å². The van der Waals surface area contributed by atoms with E-state index in [4.69, 9.17) is 0 Å². The lowest BCUT2D eigenvalue weighted by Crippen LogP contribution is -2.16. The third-order valence-corrected chi connectivity index (χ3v) is 6.05. The number of carbonyl (C=O) groups excluding carboxylic acids is 1. The largest absolute Gasteiger partial charge is 0.325 e. The number of nitrogens with one attached hydrogen (secondary N) is 1. The highest BCUT2D eigenvalue weighted by atomic mass is 32.2. The molecule has 0 aliphatic carbocycles. The molecule has 0 saturated heterocycles. The van der Waals surface area contributed by atoms with Gasteiger partial charge in [-0.1, -0.05) is 88.8 Å². The lowest BCUT2D eigenvalue weighted by molar-refractivity contribution is -0.113. The van der Waals surface area contributed by atoms with Crippen molar-refractivity contribution in [3.63, 3.8) is 0 Å². The first-order valence-corrected chi connectivity index (χ1v) is 11.2. The number of hydrogen-bond donors (Lipinski definition) is 1. The van der Waals surface area contributed by atoms with E-state index in [0.717, 1.165) is 27.8 Å². The predicted octanol–water partition coefficient (Wildman–Crippen LogP) is 5.63. The molecule has 3 aromatic rings. The monoisotopic (exact) mass is 422 g/mol. The van der Waals surface area contributed by atoms with Gasteiger partial charge in [-0.2, -0.15) is 0 Å². The second-order valence-corrected chi connectivity index (χ2v) is 9.71. The van der Waals surface area contributed by atoms with Gasteiger partial charge in [-0.15, -0.1) is 10.2 Å². The molecule has 0 unspecified atom stereocenters. The molecule has 0 aliphatic rings. The van der Waals surface area contributed by atoms with E-state index in [1.165, 1.54) is 17.3 Å². The average molecular weight is 423 g/mol. The maximum atomic E-state index is 12.5. The zero-order chi connectivity index (χ0) is 21.9. The van der Waals surface area contributed by atoms with Gasteiger partial charge in [0.05, 0.1) is 5.75 Å². The molecule has 158 valence electrons. The van der Waals surface area contributed by atoms with Crippen LogP contribution < -0.4 is 5.32 Å². The Morgan fingerprint density at radius 3 is 2.37 bits per heavy atom. The Hall–Kier alpha value is -2.60. The summed E-state index contributed by atoms with van der Waals surface area (Å²) in [4.78, 5) is 12.5. The third kappa shape index (κ3) is 5.11. The highest BCUT2D eigenvalue weighted by Crippen LogP contribution is 2.27. The number of benzene rings is 2. The minimum absolute atomic E-state index is 0.0489. The molecule has 5 nitrogen and oxygen atoms in total. The second kappa shape index (κ2) is 9.04. The summed E-state index contributed by atoms with van der Waals surface area (Å²) in [5.41, 5.74) is 4.41. The first kappa shape index (κ1) is 22.1. The number of para-hydroxylation sites is 1. The van der Waals surface area contributed by atoms with E-state index in [9.17, 15) is 4.79 Å². The lowest BCUT2D eigenvalue weighted by atomic mass is 9.87. The Bertz CT molecular complexity index is 1020. The van der Waals surface area contributed by atoms with Gasteiger partial charge in [0.1, 0.15) is 0 Å². The van der Waals surface area contributed by atoms with Gasteiger partial charge in [-0.05, 0) is 28.5 Å². The first-order valence-electron chi connectivity index (χ1n) is 10.2. The molecule has 1 amide bonds. The summed E-state index contributed by atoms with van der Waals surface area (Å²) in [6.45, 7) is 10.8. The maximum Gasteiger partial charge on any atom is 0.234 e. The average Bonchev–Trinajstić information content (AvgIpc) is 3.06. The molecule has 0 spiro atoms. The highest BCUT2D eigenvalue weighted by Gasteiger charge is 2.16. The van der Waals surface area contributed by atoms with Crippen molar-refractivity contribution in [2.24, 2.45) is 7.05 Å². The van der Waals surface area contributed by atoms with E-state index in [1.54, 1.807) is 0 Å². The van der Waals surface area contributed by atoms with Crippen LogP contribution in [0.4, 0.5) is 5.69 Å². The summed E-state index contributed by atoms with van der Waals surface area (Å²) in [6.07, 6.45) is 0. The fourth-order valence-electron chi connectivity index (χ4n) is 3.24. The summed E-state index contributed by atoms with van der Waals surface area (Å²) in [5, 5.41) is 12.4. The van der Waals surface area contributed by atoms with Crippen LogP contribution in [-0.4, -0.2) is 26.4 Å². The molecule has 2 aromatic carbocycles. The van der Waals surface area contributed by atoms with Crippen molar-refractivity contribution in [1.82, 2.24) is 14.8 Å². The SMILES string of the molecule is CC(C)c1ccccc1NC(=O)CSc1nnc(-c2ccc(C(C)(C)C)cc2)n1C. The van der Waals surface area contributed by atoms with Crippen molar-refractivity contribution in [2.45, 2.75) is 51.1 Å². The number of aromatic nitrogens is 3. The Morgan fingerprint density at radius 2 is 1.73 bits per heavy atom. The van der Waals surface area contributed by atoms with E-state index >= 15 is 0 Å². The maximum absolute atomic E-state index is 12.5. The molecule has 30 heavy (non-hydrogen) atoms. The van der Waals surface area contributed by atoms with Gasteiger partial charge >= 0.3 is 0 Å². The van der Waals surface area contributed by atoms with Crippen LogP contribution in [-0.2, 0) is 17.3 Å². The summed E-state index contributed by atoms with van der Waals surface area (Å²) in [5.74, 6) is 1.37. The standard InChI is InChI=1S/C24H30N4OS/c1-16(2)19-9-7-8-10-20(19)25-21(29)15-30-23-27-26-22(28(23)6)17-11-13-18(14-12-17)24(3,4)5/h7-14,16H,15H2,1-6H3,(H,25,29). The molecule has 3 rings (SSSR count). The molecule has 0 aliphatic heterocycles. The van der Waals surface area contributed by atoms with E-state index in [-0.39, 0.29) is 17.1 Å². The molecule has 0 radical (unpaired) electrons. The van der Waals surface area contributed by atoms with E-state index in [1.807, 2.05) is 35.9 Å². The van der Waals surface area contributed by atoms with Gasteiger partial charge in [-0.25, -0.2) is 0 Å². The molecular weight excluding hydrogens is 392 g/mol. The zero-order valence-corrected chi connectivity index (χ0v) is 19.4. The summed E-state index contributed by atoms with van der Waals surface area (Å²) < 4.78 is 1.94. The highest BCUT2D eigenvalue weighted by molar-refractivity contribution is 7.99. The Kier molecular flexibility index (Phi) is 6.66. The van der Waals surface area contributed by atoms with Crippen molar-refractivity contribution >= 4 is 23.4 Å². The number of rotatable bonds is 6. The molecule has 1 N–H and O–H groups in total.